The number of benzene rings is 1. The molecule has 1 aromatic carbocycles. The molecule has 2 heterocycles. The summed E-state index contributed by atoms with van der Waals surface area (Å²) in [6, 6.07) is 6.20. The van der Waals surface area contributed by atoms with Gasteiger partial charge in [0, 0.05) is 23.0 Å². The zero-order chi connectivity index (χ0) is 14.1. The van der Waals surface area contributed by atoms with Gasteiger partial charge in [-0.2, -0.15) is 0 Å². The largest absolute Gasteiger partial charge is 0.397 e. The maximum atomic E-state index is 6.08. The number of aromatic nitrogens is 1. The summed E-state index contributed by atoms with van der Waals surface area (Å²) in [7, 11) is 2.16. The molecule has 1 aliphatic heterocycles. The first-order valence-electron chi connectivity index (χ1n) is 6.93. The van der Waals surface area contributed by atoms with Crippen LogP contribution in [0, 0.1) is 0 Å². The van der Waals surface area contributed by atoms with Gasteiger partial charge in [-0.3, -0.25) is 0 Å². The van der Waals surface area contributed by atoms with Gasteiger partial charge >= 0.3 is 0 Å². The van der Waals surface area contributed by atoms with E-state index < -0.39 is 0 Å². The molecule has 3 rings (SSSR count). The lowest BCUT2D eigenvalue weighted by molar-refractivity contribution is 0.264. The third kappa shape index (κ3) is 2.53. The van der Waals surface area contributed by atoms with E-state index in [2.05, 4.69) is 22.2 Å². The zero-order valence-corrected chi connectivity index (χ0v) is 12.3. The third-order valence-electron chi connectivity index (χ3n) is 3.99. The Kier molecular flexibility index (Phi) is 3.68. The molecule has 4 nitrogen and oxygen atoms in total. The third-order valence-corrected chi connectivity index (χ3v) is 4.32. The Labute approximate surface area is 123 Å². The molecule has 0 bridgehead atoms. The highest BCUT2D eigenvalue weighted by Gasteiger charge is 2.17. The van der Waals surface area contributed by atoms with E-state index in [1.807, 2.05) is 18.2 Å². The summed E-state index contributed by atoms with van der Waals surface area (Å²) in [6.45, 7) is 2.24. The number of fused-ring (bicyclic) bond motifs is 1. The highest BCUT2D eigenvalue weighted by molar-refractivity contribution is 6.34. The van der Waals surface area contributed by atoms with Gasteiger partial charge in [-0.1, -0.05) is 11.6 Å². The fourth-order valence-electron chi connectivity index (χ4n) is 2.71. The highest BCUT2D eigenvalue weighted by Crippen LogP contribution is 2.32. The van der Waals surface area contributed by atoms with Crippen molar-refractivity contribution in [1.82, 2.24) is 9.88 Å². The second kappa shape index (κ2) is 5.46. The van der Waals surface area contributed by atoms with E-state index >= 15 is 0 Å². The van der Waals surface area contributed by atoms with Crippen molar-refractivity contribution in [3.05, 3.63) is 29.4 Å². The Morgan fingerprint density at radius 2 is 2.00 bits per heavy atom. The molecule has 0 saturated carbocycles. The lowest BCUT2D eigenvalue weighted by Gasteiger charge is -2.30. The van der Waals surface area contributed by atoms with Crippen LogP contribution in [0.3, 0.4) is 0 Å². The molecule has 0 spiro atoms. The van der Waals surface area contributed by atoms with Crippen LogP contribution in [-0.4, -0.2) is 36.1 Å². The standard InChI is InChI=1S/C15H19ClN4/c1-20-8-5-10(6-9-20)19-15-12-2-3-13(16)14(17)11(12)4-7-18-15/h2-4,7,10H,5-6,8-9,17H2,1H3,(H,18,19). The first-order chi connectivity index (χ1) is 9.65. The van der Waals surface area contributed by atoms with Crippen molar-refractivity contribution in [1.29, 1.82) is 0 Å². The second-order valence-electron chi connectivity index (χ2n) is 5.44. The normalized spacial score (nSPS) is 17.5. The van der Waals surface area contributed by atoms with Crippen LogP contribution in [0.2, 0.25) is 5.02 Å². The molecule has 0 aliphatic carbocycles. The summed E-state index contributed by atoms with van der Waals surface area (Å²) < 4.78 is 0. The van der Waals surface area contributed by atoms with Gasteiger partial charge in [-0.05, 0) is 51.2 Å². The fraction of sp³-hybridized carbons (Fsp3) is 0.400. The number of hydrogen-bond donors (Lipinski definition) is 2. The van der Waals surface area contributed by atoms with Crippen molar-refractivity contribution < 1.29 is 0 Å². The number of piperidine rings is 1. The molecule has 1 aromatic heterocycles. The van der Waals surface area contributed by atoms with Crippen molar-refractivity contribution >= 4 is 33.9 Å². The number of likely N-dealkylation sites (tertiary alicyclic amines) is 1. The van der Waals surface area contributed by atoms with Crippen LogP contribution in [0.5, 0.6) is 0 Å². The molecule has 1 fully saturated rings. The monoisotopic (exact) mass is 290 g/mol. The van der Waals surface area contributed by atoms with E-state index in [-0.39, 0.29) is 0 Å². The smallest absolute Gasteiger partial charge is 0.134 e. The first kappa shape index (κ1) is 13.5. The molecule has 106 valence electrons. The molecule has 0 amide bonds. The van der Waals surface area contributed by atoms with Crippen LogP contribution in [0.25, 0.3) is 10.8 Å². The van der Waals surface area contributed by atoms with E-state index in [1.54, 1.807) is 6.20 Å². The van der Waals surface area contributed by atoms with Crippen LogP contribution in [0.1, 0.15) is 12.8 Å². The number of halogens is 1. The molecule has 0 atom stereocenters. The van der Waals surface area contributed by atoms with Crippen molar-refractivity contribution in [2.45, 2.75) is 18.9 Å². The molecule has 1 saturated heterocycles. The number of nitrogens with one attached hydrogen (secondary N) is 1. The number of anilines is 2. The van der Waals surface area contributed by atoms with Gasteiger partial charge in [-0.15, -0.1) is 0 Å². The average Bonchev–Trinajstić information content (AvgIpc) is 2.46. The topological polar surface area (TPSA) is 54.2 Å². The average molecular weight is 291 g/mol. The Morgan fingerprint density at radius 1 is 1.25 bits per heavy atom. The van der Waals surface area contributed by atoms with Gasteiger partial charge in [-0.25, -0.2) is 4.98 Å². The van der Waals surface area contributed by atoms with Crippen LogP contribution in [-0.2, 0) is 0 Å². The Bertz CT molecular complexity index is 621. The Balaban J connectivity index is 1.90. The number of hydrogen-bond acceptors (Lipinski definition) is 4. The van der Waals surface area contributed by atoms with Crippen LogP contribution < -0.4 is 11.1 Å². The second-order valence-corrected chi connectivity index (χ2v) is 5.84. The molecule has 3 N–H and O–H groups in total. The fourth-order valence-corrected chi connectivity index (χ4v) is 2.88. The molecule has 0 radical (unpaired) electrons. The Morgan fingerprint density at radius 3 is 2.75 bits per heavy atom. The maximum Gasteiger partial charge on any atom is 0.134 e. The Hall–Kier alpha value is -1.52. The number of nitrogens with zero attached hydrogens (tertiary/aromatic N) is 2. The molecule has 1 aliphatic rings. The molecule has 0 unspecified atom stereocenters. The summed E-state index contributed by atoms with van der Waals surface area (Å²) >= 11 is 6.08. The van der Waals surface area contributed by atoms with E-state index in [9.17, 15) is 0 Å². The summed E-state index contributed by atoms with van der Waals surface area (Å²) in [5.41, 5.74) is 6.67. The van der Waals surface area contributed by atoms with Gasteiger partial charge in [0.25, 0.3) is 0 Å². The minimum absolute atomic E-state index is 0.473. The lowest BCUT2D eigenvalue weighted by atomic mass is 10.0. The number of nitrogen functional groups attached to an aromatic ring is 1. The predicted octanol–water partition coefficient (Wildman–Crippen LogP) is 2.98. The van der Waals surface area contributed by atoms with E-state index in [4.69, 9.17) is 17.3 Å². The predicted molar refractivity (Wildman–Crippen MR) is 85.3 cm³/mol. The van der Waals surface area contributed by atoms with Crippen LogP contribution in [0.4, 0.5) is 11.5 Å². The molecule has 20 heavy (non-hydrogen) atoms. The van der Waals surface area contributed by atoms with E-state index in [0.29, 0.717) is 16.8 Å². The molecule has 2 aromatic rings. The highest BCUT2D eigenvalue weighted by atomic mass is 35.5. The number of nitrogens with two attached hydrogens (primary N) is 1. The molecular formula is C15H19ClN4. The maximum absolute atomic E-state index is 6.08. The summed E-state index contributed by atoms with van der Waals surface area (Å²) in [5, 5.41) is 6.14. The van der Waals surface area contributed by atoms with Crippen molar-refractivity contribution in [2.75, 3.05) is 31.2 Å². The van der Waals surface area contributed by atoms with Crippen molar-refractivity contribution in [3.63, 3.8) is 0 Å². The minimum Gasteiger partial charge on any atom is -0.397 e. The molecular weight excluding hydrogens is 272 g/mol. The quantitative estimate of drug-likeness (QED) is 0.835. The van der Waals surface area contributed by atoms with Gasteiger partial charge in [0.05, 0.1) is 10.7 Å². The van der Waals surface area contributed by atoms with Gasteiger partial charge in [0.2, 0.25) is 0 Å². The SMILES string of the molecule is CN1CCC(Nc2nccc3c(N)c(Cl)ccc23)CC1. The van der Waals surface area contributed by atoms with Crippen LogP contribution >= 0.6 is 11.6 Å². The minimum atomic E-state index is 0.473. The van der Waals surface area contributed by atoms with E-state index in [0.717, 1.165) is 42.5 Å². The summed E-state index contributed by atoms with van der Waals surface area (Å²) in [5.74, 6) is 0.903. The number of pyridine rings is 1. The van der Waals surface area contributed by atoms with Crippen LogP contribution in [0.15, 0.2) is 24.4 Å². The lowest BCUT2D eigenvalue weighted by Crippen LogP contribution is -2.36. The number of rotatable bonds is 2. The van der Waals surface area contributed by atoms with E-state index in [1.165, 1.54) is 0 Å². The summed E-state index contributed by atoms with van der Waals surface area (Å²) in [4.78, 5) is 6.82. The first-order valence-corrected chi connectivity index (χ1v) is 7.30. The molecule has 5 heteroatoms. The summed E-state index contributed by atoms with van der Waals surface area (Å²) in [6.07, 6.45) is 4.06. The van der Waals surface area contributed by atoms with Gasteiger partial charge in [0.15, 0.2) is 0 Å². The van der Waals surface area contributed by atoms with Gasteiger partial charge < -0.3 is 16.0 Å². The van der Waals surface area contributed by atoms with Crippen molar-refractivity contribution in [2.24, 2.45) is 0 Å². The van der Waals surface area contributed by atoms with Crippen molar-refractivity contribution in [3.8, 4) is 0 Å². The van der Waals surface area contributed by atoms with Gasteiger partial charge in [0.1, 0.15) is 5.82 Å². The zero-order valence-electron chi connectivity index (χ0n) is 11.6.